The normalized spacial score (nSPS) is 0.750. The first-order chi connectivity index (χ1) is 1.00. The van der Waals surface area contributed by atoms with Crippen LogP contribution in [-0.4, -0.2) is 56.6 Å². The first-order valence-electron chi connectivity index (χ1n) is 0.289. The molecule has 0 rings (SSSR count). The standard InChI is InChI=1S/2Al.Mg.O.6H/q;;+2;;;;;;2*-1. The van der Waals surface area contributed by atoms with Gasteiger partial charge in [0.2, 0.25) is 0 Å². The predicted octanol–water partition coefficient (Wildman–Crippen LogP) is -2.11. The van der Waals surface area contributed by atoms with Crippen LogP contribution in [0.25, 0.3) is 0 Å². The van der Waals surface area contributed by atoms with Gasteiger partial charge in [-0.1, -0.05) is 0 Å². The monoisotopic (exact) mass is 100.0 g/mol. The maximum absolute atomic E-state index is 8.28. The fraction of sp³-hybridized carbons (Fsp3) is 0. The molecule has 0 aliphatic carbocycles. The van der Waals surface area contributed by atoms with Gasteiger partial charge in [0.25, 0.3) is 0 Å². The van der Waals surface area contributed by atoms with Crippen molar-refractivity contribution in [3.63, 3.8) is 0 Å². The van der Waals surface area contributed by atoms with Gasteiger partial charge < -0.3 is 2.85 Å². The summed E-state index contributed by atoms with van der Waals surface area (Å²) in [6.45, 7) is 0. The fourth-order valence-electron chi connectivity index (χ4n) is 0. The van der Waals surface area contributed by atoms with Crippen molar-refractivity contribution < 1.29 is 6.66 Å². The van der Waals surface area contributed by atoms with Crippen molar-refractivity contribution in [3.8, 4) is 0 Å². The van der Waals surface area contributed by atoms with E-state index in [0.717, 1.165) is 0 Å². The van der Waals surface area contributed by atoms with Gasteiger partial charge in [-0.15, -0.1) is 0 Å². The van der Waals surface area contributed by atoms with E-state index in [1.54, 1.807) is 0 Å². The third kappa shape index (κ3) is 9.45. The van der Waals surface area contributed by atoms with Crippen LogP contribution in [0.1, 0.15) is 2.85 Å². The zero-order valence-corrected chi connectivity index (χ0v) is 4.65. The van der Waals surface area contributed by atoms with Crippen LogP contribution in [0.3, 0.4) is 0 Å². The average molecular weight is 100 g/mol. The van der Waals surface area contributed by atoms with Crippen LogP contribution in [0.4, 0.5) is 0 Å². The molecule has 0 radical (unpaired) electrons. The van der Waals surface area contributed by atoms with Crippen LogP contribution in [0, 0.1) is 0 Å². The molecule has 4 heavy (non-hydrogen) atoms. The molecular weight excluding hydrogens is 94.3 g/mol. The zero-order chi connectivity index (χ0) is 2.00. The minimum absolute atomic E-state index is 0. The van der Waals surface area contributed by atoms with Crippen molar-refractivity contribution in [2.24, 2.45) is 0 Å². The summed E-state index contributed by atoms with van der Waals surface area (Å²) in [7, 11) is 0. The molecule has 4 heteroatoms. The SMILES string of the molecule is [AlH3].[H-].[H-].[Mg+2].[O]=[AlH]. The van der Waals surface area contributed by atoms with Crippen molar-refractivity contribution in [3.05, 3.63) is 0 Å². The van der Waals surface area contributed by atoms with Gasteiger partial charge in [-0.3, -0.25) is 0 Å². The van der Waals surface area contributed by atoms with Crippen LogP contribution in [0.5, 0.6) is 0 Å². The minimum atomic E-state index is 0. The van der Waals surface area contributed by atoms with E-state index in [1.165, 1.54) is 0 Å². The van der Waals surface area contributed by atoms with Gasteiger partial charge in [0.15, 0.2) is 17.4 Å². The Kier molecular flexibility index (Phi) is 100. The van der Waals surface area contributed by atoms with Gasteiger partial charge in [-0.25, -0.2) is 0 Å². The van der Waals surface area contributed by atoms with Crippen LogP contribution in [0.2, 0.25) is 0 Å². The molecule has 0 bridgehead atoms. The summed E-state index contributed by atoms with van der Waals surface area (Å²) in [5, 5.41) is 0. The maximum atomic E-state index is 8.28. The van der Waals surface area contributed by atoms with E-state index in [2.05, 4.69) is 0 Å². The number of hydrogen-bond donors (Lipinski definition) is 0. The molecule has 0 spiro atoms. The first-order valence-corrected chi connectivity index (χ1v) is 0.866. The van der Waals surface area contributed by atoms with Crippen LogP contribution >= 0.6 is 0 Å². The molecule has 0 fully saturated rings. The molecule has 0 amide bonds. The molecule has 0 aromatic carbocycles. The fourth-order valence-corrected chi connectivity index (χ4v) is 0. The molecule has 20 valence electrons. The average Bonchev–Trinajstić information content (AvgIpc) is 1.00. The van der Waals surface area contributed by atoms with Crippen molar-refractivity contribution >= 4 is 56.6 Å². The second kappa shape index (κ2) is 23.0. The van der Waals surface area contributed by atoms with E-state index < -0.39 is 0 Å². The van der Waals surface area contributed by atoms with Gasteiger partial charge in [-0.05, 0) is 0 Å². The van der Waals surface area contributed by atoms with E-state index in [9.17, 15) is 0 Å². The summed E-state index contributed by atoms with van der Waals surface area (Å²) in [5.41, 5.74) is 0. The van der Waals surface area contributed by atoms with Gasteiger partial charge in [-0.2, -0.15) is 0 Å². The quantitative estimate of drug-likeness (QED) is 0.319. The van der Waals surface area contributed by atoms with Gasteiger partial charge in [0.05, 0.1) is 0 Å². The van der Waals surface area contributed by atoms with Crippen molar-refractivity contribution in [2.45, 2.75) is 0 Å². The van der Waals surface area contributed by atoms with E-state index in [0.29, 0.717) is 16.2 Å². The number of rotatable bonds is 0. The summed E-state index contributed by atoms with van der Waals surface area (Å²) in [5.74, 6) is 0. The van der Waals surface area contributed by atoms with Crippen molar-refractivity contribution in [1.29, 1.82) is 0 Å². The molecule has 0 aromatic rings. The summed E-state index contributed by atoms with van der Waals surface area (Å²) in [4.78, 5) is 0. The molecule has 1 nitrogen and oxygen atoms in total. The first kappa shape index (κ1) is 17.4. The Labute approximate surface area is 63.0 Å². The Balaban J connectivity index is -0.000000000833. The molecular formula is H6Al2MgO. The third-order valence-electron chi connectivity index (χ3n) is 0. The predicted molar refractivity (Wildman–Crippen MR) is 25.8 cm³/mol. The Bertz CT molecular complexity index is 11.5. The summed E-state index contributed by atoms with van der Waals surface area (Å²) in [6, 6.07) is 0. The molecule has 0 N–H and O–H groups in total. The molecule has 0 saturated heterocycles. The molecule has 0 heterocycles. The van der Waals surface area contributed by atoms with Gasteiger partial charge in [0, 0.05) is 0 Å². The molecule has 0 saturated carbocycles. The summed E-state index contributed by atoms with van der Waals surface area (Å²) >= 11 is 0.611. The van der Waals surface area contributed by atoms with E-state index in [-0.39, 0.29) is 43.3 Å². The Morgan fingerprint density at radius 2 is 1.50 bits per heavy atom. The van der Waals surface area contributed by atoms with Crippen molar-refractivity contribution in [1.82, 2.24) is 0 Å². The Morgan fingerprint density at radius 1 is 1.50 bits per heavy atom. The summed E-state index contributed by atoms with van der Waals surface area (Å²) < 4.78 is 8.28. The van der Waals surface area contributed by atoms with Gasteiger partial charge in [0.1, 0.15) is 0 Å². The molecule has 0 aromatic heterocycles. The second-order valence-electron chi connectivity index (χ2n) is 0. The molecule has 0 aliphatic heterocycles. The Hall–Kier alpha value is 1.63. The third-order valence-corrected chi connectivity index (χ3v) is 0. The van der Waals surface area contributed by atoms with E-state index >= 15 is 0 Å². The Morgan fingerprint density at radius 3 is 1.50 bits per heavy atom. The van der Waals surface area contributed by atoms with Crippen LogP contribution < -0.4 is 0 Å². The molecule has 0 atom stereocenters. The van der Waals surface area contributed by atoms with Crippen LogP contribution in [-0.2, 0) is 3.80 Å². The van der Waals surface area contributed by atoms with E-state index in [4.69, 9.17) is 3.80 Å². The van der Waals surface area contributed by atoms with Crippen molar-refractivity contribution in [2.75, 3.05) is 0 Å². The topological polar surface area (TPSA) is 17.1 Å². The van der Waals surface area contributed by atoms with Crippen LogP contribution in [0.15, 0.2) is 0 Å². The van der Waals surface area contributed by atoms with Gasteiger partial charge >= 0.3 is 43.1 Å². The number of hydrogen-bond acceptors (Lipinski definition) is 1. The second-order valence-corrected chi connectivity index (χ2v) is 0. The van der Waals surface area contributed by atoms with E-state index in [1.807, 2.05) is 0 Å². The molecule has 0 unspecified atom stereocenters. The molecule has 0 aliphatic rings. The zero-order valence-electron chi connectivity index (χ0n) is 3.82. The summed E-state index contributed by atoms with van der Waals surface area (Å²) in [6.07, 6.45) is 0.